The molecule has 3 aliphatic heterocycles. The van der Waals surface area contributed by atoms with E-state index in [2.05, 4.69) is 27.5 Å². The fourth-order valence-corrected chi connectivity index (χ4v) is 4.34. The molecule has 0 saturated carbocycles. The molecule has 0 aliphatic carbocycles. The Morgan fingerprint density at radius 2 is 2.06 bits per heavy atom. The minimum absolute atomic E-state index is 0.127. The quantitative estimate of drug-likeness (QED) is 0.686. The van der Waals surface area contributed by atoms with Crippen LogP contribution >= 0.6 is 0 Å². The van der Waals surface area contributed by atoms with E-state index >= 15 is 0 Å². The van der Waals surface area contributed by atoms with Gasteiger partial charge in [-0.1, -0.05) is 0 Å². The fraction of sp³-hybridized carbons (Fsp3) is 0.429. The molecule has 4 heterocycles. The first kappa shape index (κ1) is 19.4. The first-order chi connectivity index (χ1) is 15.0. The summed E-state index contributed by atoms with van der Waals surface area (Å²) in [5.41, 5.74) is 0.250. The molecule has 2 aromatic rings. The van der Waals surface area contributed by atoms with E-state index in [9.17, 15) is 14.4 Å². The average Bonchev–Trinajstić information content (AvgIpc) is 3.21. The number of hydrogen-bond donors (Lipinski definition) is 3. The summed E-state index contributed by atoms with van der Waals surface area (Å²) in [6.07, 6.45) is 3.02. The number of aromatic amines is 1. The summed E-state index contributed by atoms with van der Waals surface area (Å²) in [7, 11) is 0. The van der Waals surface area contributed by atoms with Crippen LogP contribution in [0.5, 0.6) is 11.5 Å². The van der Waals surface area contributed by atoms with Gasteiger partial charge in [-0.15, -0.1) is 0 Å². The molecule has 0 bridgehead atoms. The van der Waals surface area contributed by atoms with Crippen LogP contribution in [0.3, 0.4) is 0 Å². The van der Waals surface area contributed by atoms with Crippen molar-refractivity contribution in [3.8, 4) is 11.5 Å². The number of hydrogen-bond acceptors (Lipinski definition) is 7. The highest BCUT2D eigenvalue weighted by molar-refractivity contribution is 6.04. The van der Waals surface area contributed by atoms with Crippen LogP contribution in [-0.4, -0.2) is 41.2 Å². The molecule has 2 atom stereocenters. The van der Waals surface area contributed by atoms with Crippen molar-refractivity contribution in [2.24, 2.45) is 0 Å². The first-order valence-corrected chi connectivity index (χ1v) is 10.4. The number of rotatable bonds is 3. The summed E-state index contributed by atoms with van der Waals surface area (Å²) in [5.74, 6) is -0.0553. The number of carbonyl (C=O) groups is 2. The van der Waals surface area contributed by atoms with Gasteiger partial charge < -0.3 is 25.0 Å². The third-order valence-corrected chi connectivity index (χ3v) is 5.97. The van der Waals surface area contributed by atoms with E-state index in [0.717, 1.165) is 25.8 Å². The Morgan fingerprint density at radius 3 is 2.90 bits per heavy atom. The zero-order valence-corrected chi connectivity index (χ0v) is 17.1. The second-order valence-electron chi connectivity index (χ2n) is 8.05. The molecule has 5 rings (SSSR count). The summed E-state index contributed by atoms with van der Waals surface area (Å²) in [6.45, 7) is 2.99. The lowest BCUT2D eigenvalue weighted by Crippen LogP contribution is -2.41. The van der Waals surface area contributed by atoms with Gasteiger partial charge in [-0.2, -0.15) is 4.98 Å². The monoisotopic (exact) mass is 425 g/mol. The van der Waals surface area contributed by atoms with Crippen molar-refractivity contribution in [1.82, 2.24) is 9.97 Å². The fourth-order valence-electron chi connectivity index (χ4n) is 4.34. The van der Waals surface area contributed by atoms with E-state index in [0.29, 0.717) is 23.1 Å². The highest BCUT2D eigenvalue weighted by atomic mass is 16.7. The molecule has 10 heteroatoms. The van der Waals surface area contributed by atoms with Gasteiger partial charge in [0.25, 0.3) is 5.56 Å². The van der Waals surface area contributed by atoms with Crippen LogP contribution in [-0.2, 0) is 9.59 Å². The number of nitrogens with one attached hydrogen (secondary N) is 3. The maximum atomic E-state index is 13.0. The zero-order valence-electron chi connectivity index (χ0n) is 17.1. The third-order valence-electron chi connectivity index (χ3n) is 5.97. The van der Waals surface area contributed by atoms with Gasteiger partial charge in [0, 0.05) is 30.8 Å². The SMILES string of the molecule is C[C@@H]1CCCCN1c1nc2c(c(=O)[nH]1)[C@H](C(=O)Nc1ccc3c(c1)OCO3)CC(=O)N2. The molecule has 1 saturated heterocycles. The standard InChI is InChI=1S/C21H23N5O5/c1-11-4-2-3-7-26(11)21-24-18-17(20(29)25-21)13(9-16(27)23-18)19(28)22-12-5-6-14-15(8-12)31-10-30-14/h5-6,8,11,13H,2-4,7,9-10H2,1H3,(H,22,28)(H2,23,24,25,27,29)/t11-,13-/m1/s1. The van der Waals surface area contributed by atoms with E-state index in [1.54, 1.807) is 18.2 Å². The van der Waals surface area contributed by atoms with Gasteiger partial charge in [0.05, 0.1) is 11.5 Å². The van der Waals surface area contributed by atoms with Crippen LogP contribution < -0.4 is 30.6 Å². The number of anilines is 3. The molecule has 1 fully saturated rings. The number of nitrogens with zero attached hydrogens (tertiary/aromatic N) is 2. The maximum absolute atomic E-state index is 13.0. The van der Waals surface area contributed by atoms with Crippen LogP contribution in [0.15, 0.2) is 23.0 Å². The Hall–Kier alpha value is -3.56. The molecule has 0 radical (unpaired) electrons. The van der Waals surface area contributed by atoms with Gasteiger partial charge in [-0.3, -0.25) is 19.4 Å². The van der Waals surface area contributed by atoms with Crippen LogP contribution in [0.1, 0.15) is 44.1 Å². The molecular formula is C21H23N5O5. The lowest BCUT2D eigenvalue weighted by atomic mass is 9.92. The van der Waals surface area contributed by atoms with Crippen molar-refractivity contribution in [2.75, 3.05) is 28.9 Å². The molecule has 162 valence electrons. The van der Waals surface area contributed by atoms with Crippen molar-refractivity contribution in [2.45, 2.75) is 44.6 Å². The predicted octanol–water partition coefficient (Wildman–Crippen LogP) is 1.94. The summed E-state index contributed by atoms with van der Waals surface area (Å²) in [4.78, 5) is 47.7. The molecular weight excluding hydrogens is 402 g/mol. The van der Waals surface area contributed by atoms with E-state index in [1.807, 2.05) is 4.90 Å². The largest absolute Gasteiger partial charge is 0.454 e. The number of benzene rings is 1. The molecule has 3 aliphatic rings. The zero-order chi connectivity index (χ0) is 21.5. The van der Waals surface area contributed by atoms with E-state index in [4.69, 9.17) is 9.47 Å². The van der Waals surface area contributed by atoms with Crippen LogP contribution in [0.2, 0.25) is 0 Å². The average molecular weight is 425 g/mol. The van der Waals surface area contributed by atoms with Gasteiger partial charge in [-0.05, 0) is 38.3 Å². The van der Waals surface area contributed by atoms with Gasteiger partial charge >= 0.3 is 0 Å². The summed E-state index contributed by atoms with van der Waals surface area (Å²) < 4.78 is 10.6. The lowest BCUT2D eigenvalue weighted by molar-refractivity contribution is -0.123. The van der Waals surface area contributed by atoms with Crippen molar-refractivity contribution in [3.05, 3.63) is 34.1 Å². The van der Waals surface area contributed by atoms with E-state index in [1.165, 1.54) is 0 Å². The topological polar surface area (TPSA) is 126 Å². The second-order valence-corrected chi connectivity index (χ2v) is 8.05. The maximum Gasteiger partial charge on any atom is 0.258 e. The summed E-state index contributed by atoms with van der Waals surface area (Å²) in [5, 5.41) is 5.43. The van der Waals surface area contributed by atoms with Crippen molar-refractivity contribution in [3.63, 3.8) is 0 Å². The van der Waals surface area contributed by atoms with Gasteiger partial charge in [0.15, 0.2) is 11.5 Å². The molecule has 1 aromatic carbocycles. The van der Waals surface area contributed by atoms with Crippen molar-refractivity contribution in [1.29, 1.82) is 0 Å². The Morgan fingerprint density at radius 1 is 1.23 bits per heavy atom. The second kappa shape index (κ2) is 7.60. The minimum Gasteiger partial charge on any atom is -0.454 e. The third kappa shape index (κ3) is 3.58. The Balaban J connectivity index is 1.44. The number of H-pyrrole nitrogens is 1. The number of piperidine rings is 1. The molecule has 10 nitrogen and oxygen atoms in total. The molecule has 2 amide bonds. The predicted molar refractivity (Wildman–Crippen MR) is 113 cm³/mol. The lowest BCUT2D eigenvalue weighted by Gasteiger charge is -2.34. The highest BCUT2D eigenvalue weighted by Gasteiger charge is 2.35. The van der Waals surface area contributed by atoms with E-state index in [-0.39, 0.29) is 36.5 Å². The molecule has 1 aromatic heterocycles. The summed E-state index contributed by atoms with van der Waals surface area (Å²) in [6, 6.07) is 5.26. The number of fused-ring (bicyclic) bond motifs is 2. The van der Waals surface area contributed by atoms with Crippen LogP contribution in [0.25, 0.3) is 0 Å². The van der Waals surface area contributed by atoms with Crippen molar-refractivity contribution < 1.29 is 19.1 Å². The van der Waals surface area contributed by atoms with Gasteiger partial charge in [0.2, 0.25) is 24.6 Å². The minimum atomic E-state index is -0.946. The first-order valence-electron chi connectivity index (χ1n) is 10.4. The number of amides is 2. The van der Waals surface area contributed by atoms with Crippen LogP contribution in [0, 0.1) is 0 Å². The van der Waals surface area contributed by atoms with Crippen LogP contribution in [0.4, 0.5) is 17.5 Å². The number of ether oxygens (including phenoxy) is 2. The Labute approximate surface area is 177 Å². The summed E-state index contributed by atoms with van der Waals surface area (Å²) >= 11 is 0. The smallest absolute Gasteiger partial charge is 0.258 e. The molecule has 3 N–H and O–H groups in total. The molecule has 31 heavy (non-hydrogen) atoms. The Kier molecular flexibility index (Phi) is 4.76. The van der Waals surface area contributed by atoms with E-state index < -0.39 is 17.4 Å². The highest BCUT2D eigenvalue weighted by Crippen LogP contribution is 2.35. The Bertz CT molecular complexity index is 1110. The number of aromatic nitrogens is 2. The van der Waals surface area contributed by atoms with Crippen molar-refractivity contribution >= 4 is 29.3 Å². The molecule has 0 unspecified atom stereocenters. The van der Waals surface area contributed by atoms with Gasteiger partial charge in [-0.25, -0.2) is 0 Å². The number of carbonyl (C=O) groups excluding carboxylic acids is 2. The normalized spacial score (nSPS) is 22.0. The van der Waals surface area contributed by atoms with Gasteiger partial charge in [0.1, 0.15) is 5.82 Å². The molecule has 0 spiro atoms.